The molecular formula is C23H19NO. The normalized spacial score (nSPS) is 11.0. The molecule has 0 aliphatic carbocycles. The SMILES string of the molecule is Cc1cc(C)cc(-n2c(-c3ccccc3)cc(=O)c3ccccc32)c1. The molecule has 0 radical (unpaired) electrons. The van der Waals surface area contributed by atoms with E-state index in [2.05, 4.69) is 36.6 Å². The number of pyridine rings is 1. The maximum absolute atomic E-state index is 12.7. The van der Waals surface area contributed by atoms with Gasteiger partial charge in [-0.25, -0.2) is 0 Å². The van der Waals surface area contributed by atoms with Crippen molar-refractivity contribution >= 4 is 10.9 Å². The third-order valence-corrected chi connectivity index (χ3v) is 4.45. The van der Waals surface area contributed by atoms with Gasteiger partial charge in [0, 0.05) is 17.1 Å². The molecule has 0 atom stereocenters. The minimum Gasteiger partial charge on any atom is -0.309 e. The highest BCUT2D eigenvalue weighted by molar-refractivity contribution is 5.84. The van der Waals surface area contributed by atoms with Crippen molar-refractivity contribution in [3.8, 4) is 16.9 Å². The fourth-order valence-electron chi connectivity index (χ4n) is 3.45. The van der Waals surface area contributed by atoms with Crippen LogP contribution in [-0.4, -0.2) is 4.57 Å². The minimum atomic E-state index is 0.0510. The molecule has 0 amide bonds. The lowest BCUT2D eigenvalue weighted by molar-refractivity contribution is 1.10. The van der Waals surface area contributed by atoms with Gasteiger partial charge in [-0.1, -0.05) is 48.5 Å². The maximum Gasteiger partial charge on any atom is 0.190 e. The average Bonchev–Trinajstić information content (AvgIpc) is 2.61. The van der Waals surface area contributed by atoms with Crippen LogP contribution in [0.1, 0.15) is 11.1 Å². The number of nitrogens with zero attached hydrogens (tertiary/aromatic N) is 1. The van der Waals surface area contributed by atoms with Crippen LogP contribution in [-0.2, 0) is 0 Å². The fourth-order valence-corrected chi connectivity index (χ4v) is 3.45. The Kier molecular flexibility index (Phi) is 3.73. The molecule has 0 bridgehead atoms. The number of aromatic nitrogens is 1. The Bertz CT molecular complexity index is 1100. The zero-order valence-corrected chi connectivity index (χ0v) is 14.4. The van der Waals surface area contributed by atoms with Gasteiger partial charge in [-0.2, -0.15) is 0 Å². The lowest BCUT2D eigenvalue weighted by atomic mass is 10.1. The number of hydrogen-bond donors (Lipinski definition) is 0. The summed E-state index contributed by atoms with van der Waals surface area (Å²) < 4.78 is 2.19. The molecule has 0 fully saturated rings. The van der Waals surface area contributed by atoms with Crippen molar-refractivity contribution in [1.82, 2.24) is 4.57 Å². The Morgan fingerprint density at radius 2 is 1.36 bits per heavy atom. The number of aryl methyl sites for hydroxylation is 2. The summed E-state index contributed by atoms with van der Waals surface area (Å²) >= 11 is 0. The van der Waals surface area contributed by atoms with Gasteiger partial charge in [0.2, 0.25) is 0 Å². The van der Waals surface area contributed by atoms with Crippen LogP contribution in [0.5, 0.6) is 0 Å². The van der Waals surface area contributed by atoms with E-state index in [1.54, 1.807) is 6.07 Å². The summed E-state index contributed by atoms with van der Waals surface area (Å²) in [6.07, 6.45) is 0. The molecule has 3 aromatic carbocycles. The molecule has 4 aromatic rings. The molecular weight excluding hydrogens is 306 g/mol. The zero-order valence-electron chi connectivity index (χ0n) is 14.4. The summed E-state index contributed by atoms with van der Waals surface area (Å²) in [5.41, 5.74) is 6.41. The average molecular weight is 325 g/mol. The van der Waals surface area contributed by atoms with Crippen LogP contribution in [0.2, 0.25) is 0 Å². The molecule has 25 heavy (non-hydrogen) atoms. The van der Waals surface area contributed by atoms with Crippen LogP contribution < -0.4 is 5.43 Å². The summed E-state index contributed by atoms with van der Waals surface area (Å²) in [7, 11) is 0. The molecule has 2 nitrogen and oxygen atoms in total. The summed E-state index contributed by atoms with van der Waals surface area (Å²) in [6, 6.07) is 26.1. The van der Waals surface area contributed by atoms with E-state index < -0.39 is 0 Å². The molecule has 4 rings (SSSR count). The van der Waals surface area contributed by atoms with E-state index in [0.717, 1.165) is 27.8 Å². The molecule has 2 heteroatoms. The van der Waals surface area contributed by atoms with Gasteiger partial charge in [-0.05, 0) is 54.8 Å². The second-order valence-electron chi connectivity index (χ2n) is 6.46. The smallest absolute Gasteiger partial charge is 0.190 e. The van der Waals surface area contributed by atoms with Crippen molar-refractivity contribution in [3.63, 3.8) is 0 Å². The molecule has 0 unspecified atom stereocenters. The van der Waals surface area contributed by atoms with Gasteiger partial charge >= 0.3 is 0 Å². The third kappa shape index (κ3) is 2.76. The first kappa shape index (κ1) is 15.4. The number of para-hydroxylation sites is 1. The van der Waals surface area contributed by atoms with E-state index >= 15 is 0 Å². The summed E-state index contributed by atoms with van der Waals surface area (Å²) in [5.74, 6) is 0. The summed E-state index contributed by atoms with van der Waals surface area (Å²) in [4.78, 5) is 12.7. The molecule has 0 N–H and O–H groups in total. The highest BCUT2D eigenvalue weighted by atomic mass is 16.1. The van der Waals surface area contributed by atoms with E-state index in [4.69, 9.17) is 0 Å². The van der Waals surface area contributed by atoms with Crippen molar-refractivity contribution < 1.29 is 0 Å². The van der Waals surface area contributed by atoms with Gasteiger partial charge < -0.3 is 4.57 Å². The predicted octanol–water partition coefficient (Wildman–Crippen LogP) is 5.27. The number of benzene rings is 3. The number of fused-ring (bicyclic) bond motifs is 1. The van der Waals surface area contributed by atoms with Crippen molar-refractivity contribution in [2.45, 2.75) is 13.8 Å². The highest BCUT2D eigenvalue weighted by Crippen LogP contribution is 2.27. The Morgan fingerprint density at radius 1 is 0.720 bits per heavy atom. The van der Waals surface area contributed by atoms with E-state index in [1.807, 2.05) is 54.6 Å². The Hall–Kier alpha value is -3.13. The van der Waals surface area contributed by atoms with Gasteiger partial charge in [-0.3, -0.25) is 4.79 Å². The first-order chi connectivity index (χ1) is 12.1. The molecule has 0 aliphatic heterocycles. The summed E-state index contributed by atoms with van der Waals surface area (Å²) in [5, 5.41) is 0.737. The largest absolute Gasteiger partial charge is 0.309 e. The second kappa shape index (κ2) is 6.06. The summed E-state index contributed by atoms with van der Waals surface area (Å²) in [6.45, 7) is 4.20. The van der Waals surface area contributed by atoms with Crippen LogP contribution in [0.3, 0.4) is 0 Å². The first-order valence-corrected chi connectivity index (χ1v) is 8.42. The molecule has 0 aliphatic rings. The van der Waals surface area contributed by atoms with Crippen molar-refractivity contribution in [2.75, 3.05) is 0 Å². The zero-order chi connectivity index (χ0) is 17.4. The standard InChI is InChI=1S/C23H19NO/c1-16-12-17(2)14-19(13-16)24-21-11-7-6-10-20(21)23(25)15-22(24)18-8-4-3-5-9-18/h3-15H,1-2H3. The van der Waals surface area contributed by atoms with Crippen molar-refractivity contribution in [3.05, 3.63) is 100 Å². The predicted molar refractivity (Wildman–Crippen MR) is 104 cm³/mol. The molecule has 0 saturated heterocycles. The van der Waals surface area contributed by atoms with Gasteiger partial charge in [0.05, 0.1) is 11.2 Å². The number of rotatable bonds is 2. The molecule has 122 valence electrons. The fraction of sp³-hybridized carbons (Fsp3) is 0.0870. The first-order valence-electron chi connectivity index (χ1n) is 8.42. The topological polar surface area (TPSA) is 22.0 Å². The Balaban J connectivity index is 2.17. The van der Waals surface area contributed by atoms with Gasteiger partial charge in [0.25, 0.3) is 0 Å². The second-order valence-corrected chi connectivity index (χ2v) is 6.46. The van der Waals surface area contributed by atoms with E-state index in [0.29, 0.717) is 0 Å². The number of hydrogen-bond acceptors (Lipinski definition) is 1. The van der Waals surface area contributed by atoms with Crippen molar-refractivity contribution in [2.24, 2.45) is 0 Å². The van der Waals surface area contributed by atoms with Gasteiger partial charge in [0.1, 0.15) is 0 Å². The minimum absolute atomic E-state index is 0.0510. The van der Waals surface area contributed by atoms with E-state index in [9.17, 15) is 4.79 Å². The lowest BCUT2D eigenvalue weighted by Gasteiger charge is -2.18. The van der Waals surface area contributed by atoms with E-state index in [1.165, 1.54) is 11.1 Å². The molecule has 1 heterocycles. The monoisotopic (exact) mass is 325 g/mol. The van der Waals surface area contributed by atoms with E-state index in [-0.39, 0.29) is 5.43 Å². The third-order valence-electron chi connectivity index (χ3n) is 4.45. The lowest BCUT2D eigenvalue weighted by Crippen LogP contribution is -2.10. The molecule has 1 aromatic heterocycles. The molecule has 0 saturated carbocycles. The van der Waals surface area contributed by atoms with Gasteiger partial charge in [-0.15, -0.1) is 0 Å². The van der Waals surface area contributed by atoms with Gasteiger partial charge in [0.15, 0.2) is 5.43 Å². The molecule has 0 spiro atoms. The van der Waals surface area contributed by atoms with Crippen molar-refractivity contribution in [1.29, 1.82) is 0 Å². The quantitative estimate of drug-likeness (QED) is 0.492. The van der Waals surface area contributed by atoms with Crippen LogP contribution in [0.4, 0.5) is 0 Å². The Labute approximate surface area is 147 Å². The van der Waals surface area contributed by atoms with Crippen LogP contribution >= 0.6 is 0 Å². The van der Waals surface area contributed by atoms with Crippen LogP contribution in [0, 0.1) is 13.8 Å². The maximum atomic E-state index is 12.7. The van der Waals surface area contributed by atoms with Crippen LogP contribution in [0.25, 0.3) is 27.8 Å². The Morgan fingerprint density at radius 3 is 2.08 bits per heavy atom. The van der Waals surface area contributed by atoms with Crippen LogP contribution in [0.15, 0.2) is 83.7 Å². The highest BCUT2D eigenvalue weighted by Gasteiger charge is 2.12.